The molecule has 2 aromatic heterocycles. The molecule has 0 atom stereocenters. The highest BCUT2D eigenvalue weighted by molar-refractivity contribution is 7.17. The second-order valence-electron chi connectivity index (χ2n) is 10.7. The summed E-state index contributed by atoms with van der Waals surface area (Å²) in [5.74, 6) is 0.243. The van der Waals surface area contributed by atoms with Crippen molar-refractivity contribution in [1.82, 2.24) is 14.8 Å². The maximum Gasteiger partial charge on any atom is 0.341 e. The Balaban J connectivity index is 1.57. The monoisotopic (exact) mass is 550 g/mol. The Morgan fingerprint density at radius 1 is 1.18 bits per heavy atom. The molecule has 0 spiro atoms. The molecule has 0 saturated carbocycles. The molecule has 39 heavy (non-hydrogen) atoms. The van der Waals surface area contributed by atoms with E-state index in [9.17, 15) is 9.59 Å². The van der Waals surface area contributed by atoms with Crippen molar-refractivity contribution in [3.8, 4) is 0 Å². The molecular formula is C31H42N4O3S. The molecule has 3 heterocycles. The minimum atomic E-state index is -0.356. The third kappa shape index (κ3) is 6.92. The second kappa shape index (κ2) is 13.3. The minimum absolute atomic E-state index is 0.303. The zero-order valence-electron chi connectivity index (χ0n) is 23.8. The van der Waals surface area contributed by atoms with E-state index in [1.54, 1.807) is 6.92 Å². The average Bonchev–Trinajstić information content (AvgIpc) is 3.57. The first-order valence-electron chi connectivity index (χ1n) is 14.1. The van der Waals surface area contributed by atoms with Crippen LogP contribution in [0.3, 0.4) is 0 Å². The van der Waals surface area contributed by atoms with E-state index in [1.165, 1.54) is 27.4 Å². The van der Waals surface area contributed by atoms with E-state index >= 15 is 0 Å². The van der Waals surface area contributed by atoms with Crippen molar-refractivity contribution in [2.24, 2.45) is 5.92 Å². The predicted octanol–water partition coefficient (Wildman–Crippen LogP) is 6.50. The van der Waals surface area contributed by atoms with Crippen LogP contribution < -0.4 is 10.6 Å². The molecule has 0 saturated heterocycles. The van der Waals surface area contributed by atoms with E-state index < -0.39 is 0 Å². The molecule has 8 heteroatoms. The summed E-state index contributed by atoms with van der Waals surface area (Å²) in [7, 11) is 0. The summed E-state index contributed by atoms with van der Waals surface area (Å²) < 4.78 is 7.44. The summed E-state index contributed by atoms with van der Waals surface area (Å²) in [6, 6.07) is 3.69. The number of aromatic nitrogens is 1. The Bertz CT molecular complexity index is 1250. The Hall–Kier alpha value is -3.10. The second-order valence-corrected chi connectivity index (χ2v) is 11.8. The number of carbonyl (C=O) groups excluding carboxylic acids is 2. The molecule has 0 fully saturated rings. The van der Waals surface area contributed by atoms with Crippen LogP contribution in [-0.2, 0) is 17.6 Å². The summed E-state index contributed by atoms with van der Waals surface area (Å²) in [5, 5.41) is 6.66. The lowest BCUT2D eigenvalue weighted by molar-refractivity contribution is 0.0526. The molecule has 2 aromatic rings. The Morgan fingerprint density at radius 2 is 1.92 bits per heavy atom. The molecule has 210 valence electrons. The number of urea groups is 1. The molecule has 1 aliphatic heterocycles. The molecule has 1 aliphatic carbocycles. The number of amides is 2. The van der Waals surface area contributed by atoms with Gasteiger partial charge < -0.3 is 14.6 Å². The van der Waals surface area contributed by atoms with Gasteiger partial charge in [0.2, 0.25) is 0 Å². The molecule has 0 unspecified atom stereocenters. The number of anilines is 1. The quantitative estimate of drug-likeness (QED) is 0.331. The summed E-state index contributed by atoms with van der Waals surface area (Å²) in [5.41, 5.74) is 6.19. The Kier molecular flexibility index (Phi) is 9.86. The lowest BCUT2D eigenvalue weighted by Crippen LogP contribution is -2.36. The van der Waals surface area contributed by atoms with Crippen molar-refractivity contribution in [3.05, 3.63) is 69.9 Å². The van der Waals surface area contributed by atoms with Gasteiger partial charge in [-0.1, -0.05) is 26.5 Å². The van der Waals surface area contributed by atoms with Crippen LogP contribution in [0.25, 0.3) is 5.70 Å². The maximum atomic E-state index is 13.2. The summed E-state index contributed by atoms with van der Waals surface area (Å²) >= 11 is 1.50. The van der Waals surface area contributed by atoms with Gasteiger partial charge in [0.1, 0.15) is 5.00 Å². The molecule has 0 radical (unpaired) electrons. The summed E-state index contributed by atoms with van der Waals surface area (Å²) in [6.45, 7) is 16.1. The van der Waals surface area contributed by atoms with Gasteiger partial charge in [-0.2, -0.15) is 0 Å². The normalized spacial score (nSPS) is 16.5. The van der Waals surface area contributed by atoms with Gasteiger partial charge in [-0.05, 0) is 86.3 Å². The number of thiophene rings is 1. The average molecular weight is 551 g/mol. The number of nitrogens with zero attached hydrogens (tertiary/aromatic N) is 2. The van der Waals surface area contributed by atoms with Crippen molar-refractivity contribution < 1.29 is 14.3 Å². The van der Waals surface area contributed by atoms with E-state index in [1.807, 2.05) is 30.6 Å². The molecule has 2 N–H and O–H groups in total. The fraction of sp³-hybridized carbons (Fsp3) is 0.484. The van der Waals surface area contributed by atoms with Crippen molar-refractivity contribution in [1.29, 1.82) is 0 Å². The SMILES string of the molecule is C=CC1=C(/C(CNC(=O)Nc2sc3c(c2C(=O)OCC)CCCC3)=C(\C)n2cccc2)CCN(CC(C)C)C1. The van der Waals surface area contributed by atoms with Crippen LogP contribution in [0.15, 0.2) is 53.9 Å². The number of aryl methyl sites for hydroxylation is 1. The van der Waals surface area contributed by atoms with E-state index in [-0.39, 0.29) is 12.0 Å². The first-order chi connectivity index (χ1) is 18.8. The van der Waals surface area contributed by atoms with Crippen molar-refractivity contribution in [2.75, 3.05) is 38.1 Å². The number of ether oxygens (including phenoxy) is 1. The van der Waals surface area contributed by atoms with Crippen LogP contribution >= 0.6 is 11.3 Å². The van der Waals surface area contributed by atoms with Crippen molar-refractivity contribution in [2.45, 2.75) is 59.8 Å². The number of allylic oxidation sites excluding steroid dienone is 1. The van der Waals surface area contributed by atoms with Crippen LogP contribution in [0.2, 0.25) is 0 Å². The van der Waals surface area contributed by atoms with Gasteiger partial charge in [0.25, 0.3) is 0 Å². The maximum absolute atomic E-state index is 13.2. The lowest BCUT2D eigenvalue weighted by Gasteiger charge is -2.32. The fourth-order valence-electron chi connectivity index (χ4n) is 5.61. The molecule has 0 aromatic carbocycles. The molecular weight excluding hydrogens is 508 g/mol. The van der Waals surface area contributed by atoms with E-state index in [2.05, 4.69) is 47.5 Å². The van der Waals surface area contributed by atoms with Crippen LogP contribution in [0.4, 0.5) is 9.80 Å². The number of hydrogen-bond donors (Lipinski definition) is 2. The number of esters is 1. The highest BCUT2D eigenvalue weighted by Crippen LogP contribution is 2.38. The van der Waals surface area contributed by atoms with E-state index in [0.717, 1.165) is 68.6 Å². The number of fused-ring (bicyclic) bond motifs is 1. The van der Waals surface area contributed by atoms with Gasteiger partial charge in [-0.15, -0.1) is 11.3 Å². The molecule has 4 rings (SSSR count). The summed E-state index contributed by atoms with van der Waals surface area (Å²) in [6.07, 6.45) is 10.8. The first-order valence-corrected chi connectivity index (χ1v) is 14.9. The van der Waals surface area contributed by atoms with Gasteiger partial charge in [-0.3, -0.25) is 10.2 Å². The highest BCUT2D eigenvalue weighted by Gasteiger charge is 2.28. The van der Waals surface area contributed by atoms with Crippen LogP contribution in [0.5, 0.6) is 0 Å². The zero-order chi connectivity index (χ0) is 27.9. The zero-order valence-corrected chi connectivity index (χ0v) is 24.6. The van der Waals surface area contributed by atoms with Crippen LogP contribution in [0.1, 0.15) is 67.8 Å². The van der Waals surface area contributed by atoms with Gasteiger partial charge >= 0.3 is 12.0 Å². The van der Waals surface area contributed by atoms with Gasteiger partial charge in [0.15, 0.2) is 0 Å². The van der Waals surface area contributed by atoms with Gasteiger partial charge in [-0.25, -0.2) is 9.59 Å². The lowest BCUT2D eigenvalue weighted by atomic mass is 9.91. The Labute approximate surface area is 236 Å². The third-order valence-electron chi connectivity index (χ3n) is 7.43. The van der Waals surface area contributed by atoms with E-state index in [0.29, 0.717) is 29.6 Å². The molecule has 0 bridgehead atoms. The summed E-state index contributed by atoms with van der Waals surface area (Å²) in [4.78, 5) is 29.7. The number of carbonyl (C=O) groups is 2. The Morgan fingerprint density at radius 3 is 2.62 bits per heavy atom. The minimum Gasteiger partial charge on any atom is -0.462 e. The van der Waals surface area contributed by atoms with E-state index in [4.69, 9.17) is 4.74 Å². The largest absolute Gasteiger partial charge is 0.462 e. The first kappa shape index (κ1) is 28.9. The topological polar surface area (TPSA) is 75.6 Å². The van der Waals surface area contributed by atoms with Gasteiger partial charge in [0.05, 0.1) is 12.2 Å². The molecule has 7 nitrogen and oxygen atoms in total. The van der Waals surface area contributed by atoms with Crippen molar-refractivity contribution >= 4 is 34.0 Å². The number of nitrogens with one attached hydrogen (secondary N) is 2. The fourth-order valence-corrected chi connectivity index (χ4v) is 6.88. The predicted molar refractivity (Wildman–Crippen MR) is 160 cm³/mol. The third-order valence-corrected chi connectivity index (χ3v) is 8.63. The van der Waals surface area contributed by atoms with Crippen molar-refractivity contribution in [3.63, 3.8) is 0 Å². The molecule has 2 amide bonds. The molecule has 2 aliphatic rings. The number of rotatable bonds is 10. The standard InChI is InChI=1S/C31H42N4O3S/c1-6-23-20-34(19-21(3)4)17-14-24(23)26(22(5)35-15-10-11-16-35)18-32-31(37)33-29-28(30(36)38-7-2)25-12-8-9-13-27(25)39-29/h6,10-11,15-16,21H,1,7-9,12-14,17-20H2,2-5H3,(H2,32,33,37)/b26-22+. The number of hydrogen-bond acceptors (Lipinski definition) is 5. The smallest absolute Gasteiger partial charge is 0.341 e. The van der Waals surface area contributed by atoms with Gasteiger partial charge in [0, 0.05) is 49.1 Å². The van der Waals surface area contributed by atoms with Crippen LogP contribution in [0, 0.1) is 5.92 Å². The highest BCUT2D eigenvalue weighted by atomic mass is 32.1. The van der Waals surface area contributed by atoms with Crippen LogP contribution in [-0.4, -0.2) is 54.3 Å².